The number of nitriles is 1. The van der Waals surface area contributed by atoms with E-state index >= 15 is 0 Å². The highest BCUT2D eigenvalue weighted by atomic mass is 32.2. The molecule has 3 rings (SSSR count). The zero-order valence-electron chi connectivity index (χ0n) is 13.5. The minimum absolute atomic E-state index is 0.167. The molecule has 5 nitrogen and oxygen atoms in total. The van der Waals surface area contributed by atoms with Crippen LogP contribution < -0.4 is 9.46 Å². The van der Waals surface area contributed by atoms with Gasteiger partial charge in [-0.25, -0.2) is 13.1 Å². The molecule has 2 aromatic carbocycles. The van der Waals surface area contributed by atoms with Gasteiger partial charge in [0.05, 0.1) is 23.4 Å². The van der Waals surface area contributed by atoms with Gasteiger partial charge in [-0.1, -0.05) is 24.3 Å². The first kappa shape index (κ1) is 16.5. The normalized spacial score (nSPS) is 16.3. The van der Waals surface area contributed by atoms with Crippen LogP contribution in [0.1, 0.15) is 33.9 Å². The second-order valence-corrected chi connectivity index (χ2v) is 7.73. The van der Waals surface area contributed by atoms with Crippen molar-refractivity contribution in [2.45, 2.75) is 25.6 Å². The van der Waals surface area contributed by atoms with Crippen LogP contribution in [-0.2, 0) is 15.8 Å². The molecule has 1 atom stereocenters. The second-order valence-electron chi connectivity index (χ2n) is 5.98. The van der Waals surface area contributed by atoms with Gasteiger partial charge < -0.3 is 4.74 Å². The second kappa shape index (κ2) is 6.27. The zero-order valence-corrected chi connectivity index (χ0v) is 14.4. The molecule has 6 heteroatoms. The van der Waals surface area contributed by atoms with Crippen molar-refractivity contribution in [1.82, 2.24) is 4.72 Å². The Labute approximate surface area is 141 Å². The first-order valence-corrected chi connectivity index (χ1v) is 9.27. The standard InChI is InChI=1S/C18H18N2O3S/c1-12-6-7-16-17(10-23-18(16)13(12)2)20-24(21,22)11-15-5-3-4-14(8-15)9-19/h3-8,17,20H,10-11H2,1-2H3. The van der Waals surface area contributed by atoms with E-state index in [4.69, 9.17) is 10.00 Å². The molecule has 0 amide bonds. The Balaban J connectivity index is 1.80. The maximum Gasteiger partial charge on any atom is 0.216 e. The summed E-state index contributed by atoms with van der Waals surface area (Å²) in [6.07, 6.45) is 0. The molecule has 1 N–H and O–H groups in total. The Morgan fingerprint density at radius 3 is 2.83 bits per heavy atom. The molecule has 0 aromatic heterocycles. The number of nitrogens with one attached hydrogen (secondary N) is 1. The summed E-state index contributed by atoms with van der Waals surface area (Å²) in [5.74, 6) is 0.605. The molecule has 0 bridgehead atoms. The van der Waals surface area contributed by atoms with Gasteiger partial charge in [0, 0.05) is 5.56 Å². The van der Waals surface area contributed by atoms with Crippen LogP contribution in [0, 0.1) is 25.2 Å². The number of hydrogen-bond donors (Lipinski definition) is 1. The molecule has 0 fully saturated rings. The van der Waals surface area contributed by atoms with Crippen LogP contribution in [0.15, 0.2) is 36.4 Å². The third-order valence-electron chi connectivity index (χ3n) is 4.21. The lowest BCUT2D eigenvalue weighted by molar-refractivity contribution is 0.323. The Bertz CT molecular complexity index is 930. The summed E-state index contributed by atoms with van der Waals surface area (Å²) in [5.41, 5.74) is 4.05. The molecule has 24 heavy (non-hydrogen) atoms. The predicted octanol–water partition coefficient (Wildman–Crippen LogP) is 2.73. The van der Waals surface area contributed by atoms with Gasteiger partial charge in [0.2, 0.25) is 10.0 Å². The van der Waals surface area contributed by atoms with Crippen LogP contribution >= 0.6 is 0 Å². The van der Waals surface area contributed by atoms with Crippen molar-refractivity contribution in [3.8, 4) is 11.8 Å². The van der Waals surface area contributed by atoms with Crippen molar-refractivity contribution in [2.24, 2.45) is 0 Å². The third kappa shape index (κ3) is 3.28. The van der Waals surface area contributed by atoms with Crippen LogP contribution in [0.5, 0.6) is 5.75 Å². The lowest BCUT2D eigenvalue weighted by Crippen LogP contribution is -2.30. The molecule has 0 aliphatic carbocycles. The highest BCUT2D eigenvalue weighted by Crippen LogP contribution is 2.37. The Kier molecular flexibility index (Phi) is 4.31. The van der Waals surface area contributed by atoms with Crippen LogP contribution in [0.25, 0.3) is 0 Å². The minimum atomic E-state index is -3.55. The molecule has 0 radical (unpaired) electrons. The van der Waals surface area contributed by atoms with E-state index in [0.29, 0.717) is 11.1 Å². The molecule has 2 aromatic rings. The van der Waals surface area contributed by atoms with Crippen molar-refractivity contribution in [3.05, 3.63) is 64.2 Å². The number of ether oxygens (including phenoxy) is 1. The van der Waals surface area contributed by atoms with E-state index in [-0.39, 0.29) is 18.4 Å². The van der Waals surface area contributed by atoms with Crippen molar-refractivity contribution < 1.29 is 13.2 Å². The molecule has 1 unspecified atom stereocenters. The Hall–Kier alpha value is -2.36. The summed E-state index contributed by atoms with van der Waals surface area (Å²) in [4.78, 5) is 0. The molecular formula is C18H18N2O3S. The molecule has 1 heterocycles. The highest BCUT2D eigenvalue weighted by Gasteiger charge is 2.29. The number of hydrogen-bond acceptors (Lipinski definition) is 4. The van der Waals surface area contributed by atoms with Crippen LogP contribution in [0.4, 0.5) is 0 Å². The molecule has 0 saturated heterocycles. The molecule has 0 spiro atoms. The van der Waals surface area contributed by atoms with Gasteiger partial charge in [-0.05, 0) is 42.7 Å². The van der Waals surface area contributed by atoms with Gasteiger partial charge in [0.15, 0.2) is 0 Å². The molecule has 1 aliphatic heterocycles. The van der Waals surface area contributed by atoms with Gasteiger partial charge in [-0.3, -0.25) is 0 Å². The van der Waals surface area contributed by atoms with E-state index in [0.717, 1.165) is 22.4 Å². The van der Waals surface area contributed by atoms with Crippen molar-refractivity contribution in [1.29, 1.82) is 5.26 Å². The average Bonchev–Trinajstić information content (AvgIpc) is 2.93. The topological polar surface area (TPSA) is 79.2 Å². The van der Waals surface area contributed by atoms with Crippen LogP contribution in [0.3, 0.4) is 0 Å². The van der Waals surface area contributed by atoms with E-state index in [2.05, 4.69) is 4.72 Å². The quantitative estimate of drug-likeness (QED) is 0.926. The maximum atomic E-state index is 12.5. The maximum absolute atomic E-state index is 12.5. The van der Waals surface area contributed by atoms with Gasteiger partial charge in [0.25, 0.3) is 0 Å². The Morgan fingerprint density at radius 1 is 1.29 bits per heavy atom. The van der Waals surface area contributed by atoms with E-state index in [9.17, 15) is 8.42 Å². The number of benzene rings is 2. The first-order chi connectivity index (χ1) is 11.4. The van der Waals surface area contributed by atoms with E-state index in [1.165, 1.54) is 0 Å². The number of fused-ring (bicyclic) bond motifs is 1. The summed E-state index contributed by atoms with van der Waals surface area (Å²) in [6, 6.07) is 12.1. The van der Waals surface area contributed by atoms with Crippen molar-refractivity contribution in [3.63, 3.8) is 0 Å². The fourth-order valence-corrected chi connectivity index (χ4v) is 4.17. The largest absolute Gasteiger partial charge is 0.491 e. The van der Waals surface area contributed by atoms with Crippen molar-refractivity contribution in [2.75, 3.05) is 6.61 Å². The van der Waals surface area contributed by atoms with Crippen molar-refractivity contribution >= 4 is 10.0 Å². The van der Waals surface area contributed by atoms with Gasteiger partial charge in [-0.2, -0.15) is 5.26 Å². The lowest BCUT2D eigenvalue weighted by atomic mass is 10.0. The SMILES string of the molecule is Cc1ccc2c(c1C)OCC2NS(=O)(=O)Cc1cccc(C#N)c1. The number of aryl methyl sites for hydroxylation is 1. The lowest BCUT2D eigenvalue weighted by Gasteiger charge is -2.13. The average molecular weight is 342 g/mol. The number of rotatable bonds is 4. The Morgan fingerprint density at radius 2 is 2.08 bits per heavy atom. The molecular weight excluding hydrogens is 324 g/mol. The first-order valence-electron chi connectivity index (χ1n) is 7.61. The number of nitrogens with zero attached hydrogens (tertiary/aromatic N) is 1. The number of sulfonamides is 1. The fourth-order valence-electron chi connectivity index (χ4n) is 2.84. The van der Waals surface area contributed by atoms with E-state index in [1.807, 2.05) is 32.0 Å². The van der Waals surface area contributed by atoms with Crippen LogP contribution in [-0.4, -0.2) is 15.0 Å². The molecule has 124 valence electrons. The molecule has 1 aliphatic rings. The van der Waals surface area contributed by atoms with Gasteiger partial charge >= 0.3 is 0 Å². The minimum Gasteiger partial charge on any atom is -0.491 e. The highest BCUT2D eigenvalue weighted by molar-refractivity contribution is 7.88. The smallest absolute Gasteiger partial charge is 0.216 e. The molecule has 0 saturated carbocycles. The monoisotopic (exact) mass is 342 g/mol. The predicted molar refractivity (Wildman–Crippen MR) is 91.1 cm³/mol. The summed E-state index contributed by atoms with van der Waals surface area (Å²) < 4.78 is 33.3. The van der Waals surface area contributed by atoms with Crippen LogP contribution in [0.2, 0.25) is 0 Å². The van der Waals surface area contributed by atoms with E-state index in [1.54, 1.807) is 24.3 Å². The van der Waals surface area contributed by atoms with Gasteiger partial charge in [-0.15, -0.1) is 0 Å². The summed E-state index contributed by atoms with van der Waals surface area (Å²) in [6.45, 7) is 4.26. The third-order valence-corrected chi connectivity index (χ3v) is 5.57. The summed E-state index contributed by atoms with van der Waals surface area (Å²) in [7, 11) is -3.55. The fraction of sp³-hybridized carbons (Fsp3) is 0.278. The van der Waals surface area contributed by atoms with Gasteiger partial charge in [0.1, 0.15) is 12.4 Å². The summed E-state index contributed by atoms with van der Waals surface area (Å²) >= 11 is 0. The zero-order chi connectivity index (χ0) is 17.3. The van der Waals surface area contributed by atoms with E-state index < -0.39 is 10.0 Å². The summed E-state index contributed by atoms with van der Waals surface area (Å²) in [5, 5.41) is 8.92.